The third kappa shape index (κ3) is 6.08. The molecule has 0 saturated heterocycles. The number of halogens is 1. The van der Waals surface area contributed by atoms with Gasteiger partial charge in [0.2, 0.25) is 0 Å². The molecular formula is C22H27ClN4O4. The van der Waals surface area contributed by atoms with E-state index in [0.717, 1.165) is 5.56 Å². The van der Waals surface area contributed by atoms with E-state index in [1.54, 1.807) is 31.4 Å². The van der Waals surface area contributed by atoms with Crippen LogP contribution >= 0.6 is 11.6 Å². The minimum absolute atomic E-state index is 0.0756. The standard InChI is InChI=1S/C22H27ClN4O4/c1-22(2)15(13-29-3)8-9-30-21(24)26-11-14-10-17(5-7-19(14)31-22)27-20(28)18-6-4-16(23)12-25-18/h4-7,10,12,15H,8-9,11,13H2,1-3H3,(H2,24,26)(H,27,28). The monoisotopic (exact) mass is 446 g/mol. The van der Waals surface area contributed by atoms with Gasteiger partial charge in [0, 0.05) is 30.5 Å². The number of amides is 1. The predicted molar refractivity (Wildman–Crippen MR) is 120 cm³/mol. The molecule has 0 spiro atoms. The van der Waals surface area contributed by atoms with Gasteiger partial charge in [0.05, 0.1) is 24.8 Å². The predicted octanol–water partition coefficient (Wildman–Crippen LogP) is 3.64. The number of amidine groups is 1. The van der Waals surface area contributed by atoms with Crippen LogP contribution in [0.4, 0.5) is 5.69 Å². The van der Waals surface area contributed by atoms with Crippen molar-refractivity contribution in [3.8, 4) is 5.75 Å². The van der Waals surface area contributed by atoms with Crippen LogP contribution in [0.2, 0.25) is 5.02 Å². The number of fused-ring (bicyclic) bond motifs is 1. The van der Waals surface area contributed by atoms with Gasteiger partial charge in [-0.3, -0.25) is 4.79 Å². The summed E-state index contributed by atoms with van der Waals surface area (Å²) in [6, 6.07) is 8.68. The van der Waals surface area contributed by atoms with E-state index in [9.17, 15) is 4.79 Å². The van der Waals surface area contributed by atoms with Gasteiger partial charge in [-0.2, -0.15) is 0 Å². The van der Waals surface area contributed by atoms with Crippen LogP contribution in [0.25, 0.3) is 0 Å². The first-order valence-corrected chi connectivity index (χ1v) is 10.3. The molecule has 8 nitrogen and oxygen atoms in total. The summed E-state index contributed by atoms with van der Waals surface area (Å²) in [4.78, 5) is 20.8. The number of pyridine rings is 1. The Kier molecular flexibility index (Phi) is 7.35. The highest BCUT2D eigenvalue weighted by atomic mass is 35.5. The van der Waals surface area contributed by atoms with Crippen molar-refractivity contribution in [2.75, 3.05) is 25.6 Å². The molecule has 2 heterocycles. The number of nitrogens with one attached hydrogen (secondary N) is 1. The highest BCUT2D eigenvalue weighted by Crippen LogP contribution is 2.32. The molecule has 0 fully saturated rings. The van der Waals surface area contributed by atoms with Crippen molar-refractivity contribution >= 4 is 29.2 Å². The van der Waals surface area contributed by atoms with E-state index in [2.05, 4.69) is 15.3 Å². The molecule has 1 aliphatic heterocycles. The van der Waals surface area contributed by atoms with Crippen molar-refractivity contribution in [3.63, 3.8) is 0 Å². The summed E-state index contributed by atoms with van der Waals surface area (Å²) in [7, 11) is 1.66. The summed E-state index contributed by atoms with van der Waals surface area (Å²) >= 11 is 5.84. The molecule has 31 heavy (non-hydrogen) atoms. The average Bonchev–Trinajstić information content (AvgIpc) is 2.74. The SMILES string of the molecule is COCC1CCOC(N)=NCc2cc(NC(=O)c3ccc(Cl)cn3)ccc2OC1(C)C. The van der Waals surface area contributed by atoms with Gasteiger partial charge in [0.1, 0.15) is 17.0 Å². The van der Waals surface area contributed by atoms with Gasteiger partial charge >= 0.3 is 0 Å². The Morgan fingerprint density at radius 1 is 1.35 bits per heavy atom. The highest BCUT2D eigenvalue weighted by Gasteiger charge is 2.32. The smallest absolute Gasteiger partial charge is 0.282 e. The summed E-state index contributed by atoms with van der Waals surface area (Å²) in [5.74, 6) is 0.389. The fourth-order valence-electron chi connectivity index (χ4n) is 3.30. The number of hydrogen-bond acceptors (Lipinski definition) is 7. The molecule has 1 atom stereocenters. The summed E-state index contributed by atoms with van der Waals surface area (Å²) < 4.78 is 17.3. The molecule has 0 bridgehead atoms. The number of carbonyl (C=O) groups is 1. The van der Waals surface area contributed by atoms with Crippen LogP contribution in [0.5, 0.6) is 5.75 Å². The van der Waals surface area contributed by atoms with E-state index in [4.69, 9.17) is 31.5 Å². The molecule has 1 unspecified atom stereocenters. The molecule has 1 amide bonds. The molecule has 1 aliphatic rings. The maximum Gasteiger partial charge on any atom is 0.282 e. The topological polar surface area (TPSA) is 108 Å². The van der Waals surface area contributed by atoms with Crippen LogP contribution < -0.4 is 15.8 Å². The van der Waals surface area contributed by atoms with Crippen molar-refractivity contribution < 1.29 is 19.0 Å². The maximum absolute atomic E-state index is 12.5. The number of rotatable bonds is 4. The number of carbonyl (C=O) groups excluding carboxylic acids is 1. The van der Waals surface area contributed by atoms with Gasteiger partial charge in [0.15, 0.2) is 0 Å². The maximum atomic E-state index is 12.5. The summed E-state index contributed by atoms with van der Waals surface area (Å²) in [5.41, 5.74) is 6.98. The van der Waals surface area contributed by atoms with Crippen molar-refractivity contribution in [2.45, 2.75) is 32.4 Å². The first-order chi connectivity index (χ1) is 14.8. The van der Waals surface area contributed by atoms with Gasteiger partial charge in [-0.15, -0.1) is 0 Å². The van der Waals surface area contributed by atoms with Crippen molar-refractivity contribution in [1.29, 1.82) is 0 Å². The molecule has 1 aromatic heterocycles. The van der Waals surface area contributed by atoms with E-state index in [1.165, 1.54) is 6.20 Å². The van der Waals surface area contributed by atoms with Gasteiger partial charge in [-0.05, 0) is 50.6 Å². The second-order valence-electron chi connectivity index (χ2n) is 7.79. The number of aromatic nitrogens is 1. The van der Waals surface area contributed by atoms with E-state index in [0.29, 0.717) is 36.1 Å². The minimum atomic E-state index is -0.523. The molecular weight excluding hydrogens is 420 g/mol. The summed E-state index contributed by atoms with van der Waals surface area (Å²) in [6.45, 7) is 5.22. The van der Waals surface area contributed by atoms with Gasteiger partial charge in [-0.1, -0.05) is 11.6 Å². The zero-order chi connectivity index (χ0) is 22.4. The lowest BCUT2D eigenvalue weighted by atomic mass is 9.88. The van der Waals surface area contributed by atoms with Crippen LogP contribution in [0.1, 0.15) is 36.3 Å². The Labute approximate surface area is 186 Å². The number of nitrogens with two attached hydrogens (primary N) is 1. The van der Waals surface area contributed by atoms with Crippen LogP contribution in [0.15, 0.2) is 41.5 Å². The molecule has 0 saturated carbocycles. The van der Waals surface area contributed by atoms with E-state index >= 15 is 0 Å². The zero-order valence-electron chi connectivity index (χ0n) is 17.9. The number of nitrogens with zero attached hydrogens (tertiary/aromatic N) is 2. The molecule has 0 aliphatic carbocycles. The largest absolute Gasteiger partial charge is 0.487 e. The Bertz CT molecular complexity index is 947. The molecule has 3 rings (SSSR count). The van der Waals surface area contributed by atoms with Crippen molar-refractivity contribution in [3.05, 3.63) is 52.8 Å². The first kappa shape index (κ1) is 22.8. The zero-order valence-corrected chi connectivity index (χ0v) is 18.6. The third-order valence-electron chi connectivity index (χ3n) is 5.12. The summed E-state index contributed by atoms with van der Waals surface area (Å²) in [6.07, 6.45) is 2.13. The first-order valence-electron chi connectivity index (χ1n) is 9.95. The molecule has 9 heteroatoms. The molecule has 2 aromatic rings. The number of anilines is 1. The summed E-state index contributed by atoms with van der Waals surface area (Å²) in [5, 5.41) is 3.30. The number of methoxy groups -OCH3 is 1. The average molecular weight is 447 g/mol. The second kappa shape index (κ2) is 9.98. The number of aliphatic imine (C=N–C) groups is 1. The second-order valence-corrected chi connectivity index (χ2v) is 8.22. The van der Waals surface area contributed by atoms with E-state index < -0.39 is 5.60 Å². The molecule has 3 N–H and O–H groups in total. The van der Waals surface area contributed by atoms with Gasteiger partial charge in [0.25, 0.3) is 11.9 Å². The van der Waals surface area contributed by atoms with Crippen LogP contribution in [-0.4, -0.2) is 42.8 Å². The number of hydrogen-bond donors (Lipinski definition) is 2. The lowest BCUT2D eigenvalue weighted by Crippen LogP contribution is -2.41. The van der Waals surface area contributed by atoms with E-state index in [1.807, 2.05) is 19.9 Å². The van der Waals surface area contributed by atoms with Crippen LogP contribution in [-0.2, 0) is 16.0 Å². The van der Waals surface area contributed by atoms with Gasteiger partial charge in [-0.25, -0.2) is 9.98 Å². The van der Waals surface area contributed by atoms with Crippen LogP contribution in [0.3, 0.4) is 0 Å². The Morgan fingerprint density at radius 3 is 2.87 bits per heavy atom. The van der Waals surface area contributed by atoms with Crippen molar-refractivity contribution in [2.24, 2.45) is 16.6 Å². The normalized spacial score (nSPS) is 18.5. The lowest BCUT2D eigenvalue weighted by Gasteiger charge is -2.35. The van der Waals surface area contributed by atoms with Crippen molar-refractivity contribution in [1.82, 2.24) is 4.98 Å². The Balaban J connectivity index is 1.88. The fourth-order valence-corrected chi connectivity index (χ4v) is 3.41. The molecule has 0 radical (unpaired) electrons. The van der Waals surface area contributed by atoms with Gasteiger partial charge < -0.3 is 25.3 Å². The lowest BCUT2D eigenvalue weighted by molar-refractivity contribution is -0.00858. The Hall–Kier alpha value is -2.84. The fraction of sp³-hybridized carbons (Fsp3) is 0.409. The minimum Gasteiger partial charge on any atom is -0.487 e. The quantitative estimate of drug-likeness (QED) is 0.742. The third-order valence-corrected chi connectivity index (χ3v) is 5.35. The number of benzene rings is 1. The number of ether oxygens (including phenoxy) is 3. The van der Waals surface area contributed by atoms with E-state index in [-0.39, 0.29) is 30.1 Å². The van der Waals surface area contributed by atoms with Crippen LogP contribution in [0, 0.1) is 5.92 Å². The highest BCUT2D eigenvalue weighted by molar-refractivity contribution is 6.30. The molecule has 1 aromatic carbocycles. The molecule has 166 valence electrons. The Morgan fingerprint density at radius 2 is 2.16 bits per heavy atom.